The molecule has 0 saturated carbocycles. The second-order valence-electron chi connectivity index (χ2n) is 7.09. The molecular weight excluding hydrogens is 385 g/mol. The number of anilines is 1. The number of aliphatic hydroxyl groups is 1. The number of halogens is 3. The van der Waals surface area contributed by atoms with E-state index in [1.165, 1.54) is 6.20 Å². The van der Waals surface area contributed by atoms with Crippen LogP contribution in [-0.2, 0) is 13.1 Å². The molecule has 1 saturated heterocycles. The number of rotatable bonds is 5. The van der Waals surface area contributed by atoms with E-state index in [9.17, 15) is 18.3 Å². The monoisotopic (exact) mass is 406 g/mol. The lowest BCUT2D eigenvalue weighted by Crippen LogP contribution is -2.46. The van der Waals surface area contributed by atoms with Crippen molar-refractivity contribution in [2.24, 2.45) is 0 Å². The highest BCUT2D eigenvalue weighted by molar-refractivity contribution is 5.74. The molecule has 10 heteroatoms. The van der Waals surface area contributed by atoms with Gasteiger partial charge < -0.3 is 10.0 Å². The summed E-state index contributed by atoms with van der Waals surface area (Å²) in [5.41, 5.74) is 2.45. The van der Waals surface area contributed by atoms with Gasteiger partial charge in [-0.15, -0.1) is 0 Å². The first-order valence-corrected chi connectivity index (χ1v) is 9.34. The average molecular weight is 406 g/mol. The van der Waals surface area contributed by atoms with Gasteiger partial charge in [0.15, 0.2) is 11.8 Å². The Bertz CT molecular complexity index is 968. The normalized spacial score (nSPS) is 17.0. The zero-order chi connectivity index (χ0) is 20.4. The molecule has 0 radical (unpaired) electrons. The Morgan fingerprint density at radius 1 is 1.10 bits per heavy atom. The molecule has 1 unspecified atom stereocenters. The number of nitrogens with zero attached hydrogens (tertiary/aromatic N) is 6. The highest BCUT2D eigenvalue weighted by atomic mass is 19.4. The lowest BCUT2D eigenvalue weighted by Gasteiger charge is -2.35. The number of alkyl halides is 3. The van der Waals surface area contributed by atoms with Gasteiger partial charge in [-0.25, -0.2) is 9.97 Å². The first-order chi connectivity index (χ1) is 13.9. The molecule has 3 aromatic rings. The van der Waals surface area contributed by atoms with Crippen molar-refractivity contribution in [2.75, 3.05) is 31.1 Å². The van der Waals surface area contributed by atoms with Gasteiger partial charge in [0.05, 0.1) is 24.1 Å². The number of hydrogen-bond acceptors (Lipinski definition) is 6. The van der Waals surface area contributed by atoms with Crippen LogP contribution in [0.1, 0.15) is 5.69 Å². The summed E-state index contributed by atoms with van der Waals surface area (Å²) in [5, 5.41) is 14.1. The van der Waals surface area contributed by atoms with Crippen LogP contribution in [0, 0.1) is 0 Å². The second-order valence-corrected chi connectivity index (χ2v) is 7.09. The summed E-state index contributed by atoms with van der Waals surface area (Å²) < 4.78 is 38.6. The predicted octanol–water partition coefficient (Wildman–Crippen LogP) is 2.07. The topological polar surface area (TPSA) is 70.3 Å². The minimum atomic E-state index is -4.65. The van der Waals surface area contributed by atoms with Gasteiger partial charge in [-0.1, -0.05) is 0 Å². The fourth-order valence-corrected chi connectivity index (χ4v) is 3.37. The fourth-order valence-electron chi connectivity index (χ4n) is 3.37. The molecule has 154 valence electrons. The Labute approximate surface area is 165 Å². The smallest absolute Gasteiger partial charge is 0.382 e. The lowest BCUT2D eigenvalue weighted by atomic mass is 10.2. The van der Waals surface area contributed by atoms with Gasteiger partial charge >= 0.3 is 6.18 Å². The van der Waals surface area contributed by atoms with E-state index in [2.05, 4.69) is 24.9 Å². The van der Waals surface area contributed by atoms with E-state index >= 15 is 0 Å². The summed E-state index contributed by atoms with van der Waals surface area (Å²) in [4.78, 5) is 13.3. The van der Waals surface area contributed by atoms with E-state index in [0.717, 1.165) is 59.8 Å². The molecule has 1 fully saturated rings. The van der Waals surface area contributed by atoms with Crippen LogP contribution in [0.4, 0.5) is 18.9 Å². The SMILES string of the molecule is OC(Cn1cc(N2CCN(Cc3ccc4cccnc4n3)CC2)cn1)C(F)(F)F. The molecule has 1 atom stereocenters. The Morgan fingerprint density at radius 3 is 2.66 bits per heavy atom. The van der Waals surface area contributed by atoms with Crippen molar-refractivity contribution in [3.63, 3.8) is 0 Å². The van der Waals surface area contributed by atoms with Crippen molar-refractivity contribution < 1.29 is 18.3 Å². The van der Waals surface area contributed by atoms with Crippen LogP contribution in [0.5, 0.6) is 0 Å². The van der Waals surface area contributed by atoms with E-state index in [1.807, 2.05) is 24.3 Å². The van der Waals surface area contributed by atoms with E-state index in [0.29, 0.717) is 0 Å². The third-order valence-electron chi connectivity index (χ3n) is 5.00. The van der Waals surface area contributed by atoms with Gasteiger partial charge in [0.25, 0.3) is 0 Å². The molecule has 0 aromatic carbocycles. The van der Waals surface area contributed by atoms with Crippen molar-refractivity contribution in [3.8, 4) is 0 Å². The molecule has 29 heavy (non-hydrogen) atoms. The molecule has 1 aliphatic heterocycles. The maximum absolute atomic E-state index is 12.5. The number of aromatic nitrogens is 4. The van der Waals surface area contributed by atoms with Gasteiger partial charge in [-0.05, 0) is 24.3 Å². The summed E-state index contributed by atoms with van der Waals surface area (Å²) in [7, 11) is 0. The minimum Gasteiger partial charge on any atom is -0.382 e. The quantitative estimate of drug-likeness (QED) is 0.700. The van der Waals surface area contributed by atoms with E-state index in [-0.39, 0.29) is 0 Å². The molecule has 0 spiro atoms. The zero-order valence-corrected chi connectivity index (χ0v) is 15.6. The Morgan fingerprint density at radius 2 is 1.90 bits per heavy atom. The van der Waals surface area contributed by atoms with Crippen LogP contribution in [0.15, 0.2) is 42.9 Å². The number of aliphatic hydroxyl groups excluding tert-OH is 1. The maximum atomic E-state index is 12.5. The van der Waals surface area contributed by atoms with Gasteiger partial charge in [-0.3, -0.25) is 9.58 Å². The molecule has 0 amide bonds. The van der Waals surface area contributed by atoms with Gasteiger partial charge in [-0.2, -0.15) is 18.3 Å². The van der Waals surface area contributed by atoms with Gasteiger partial charge in [0.1, 0.15) is 0 Å². The Kier molecular flexibility index (Phi) is 5.37. The Hall–Kier alpha value is -2.72. The molecular formula is C19H21F3N6O. The number of piperazine rings is 1. The van der Waals surface area contributed by atoms with Crippen LogP contribution >= 0.6 is 0 Å². The van der Waals surface area contributed by atoms with Gasteiger partial charge in [0.2, 0.25) is 0 Å². The Balaban J connectivity index is 1.32. The molecule has 0 aliphatic carbocycles. The van der Waals surface area contributed by atoms with Crippen LogP contribution in [0.2, 0.25) is 0 Å². The van der Waals surface area contributed by atoms with Crippen LogP contribution in [0.25, 0.3) is 11.0 Å². The summed E-state index contributed by atoms with van der Waals surface area (Å²) in [6.45, 7) is 3.19. The van der Waals surface area contributed by atoms with Crippen molar-refractivity contribution in [3.05, 3.63) is 48.5 Å². The molecule has 4 heterocycles. The van der Waals surface area contributed by atoms with Crippen molar-refractivity contribution in [1.82, 2.24) is 24.6 Å². The van der Waals surface area contributed by atoms with Crippen molar-refractivity contribution in [2.45, 2.75) is 25.4 Å². The summed E-state index contributed by atoms with van der Waals surface area (Å²) in [5.74, 6) is 0. The summed E-state index contributed by atoms with van der Waals surface area (Å²) >= 11 is 0. The first-order valence-electron chi connectivity index (χ1n) is 9.34. The van der Waals surface area contributed by atoms with E-state index in [4.69, 9.17) is 0 Å². The molecule has 1 N–H and O–H groups in total. The number of hydrogen-bond donors (Lipinski definition) is 1. The van der Waals surface area contributed by atoms with E-state index < -0.39 is 18.8 Å². The number of fused-ring (bicyclic) bond motifs is 1. The first kappa shape index (κ1) is 19.6. The fraction of sp³-hybridized carbons (Fsp3) is 0.421. The van der Waals surface area contributed by atoms with Crippen LogP contribution in [0.3, 0.4) is 0 Å². The third-order valence-corrected chi connectivity index (χ3v) is 5.00. The van der Waals surface area contributed by atoms with Crippen LogP contribution in [-0.4, -0.2) is 68.2 Å². The largest absolute Gasteiger partial charge is 0.416 e. The highest BCUT2D eigenvalue weighted by Gasteiger charge is 2.38. The van der Waals surface area contributed by atoms with Crippen LogP contribution < -0.4 is 4.90 Å². The summed E-state index contributed by atoms with van der Waals surface area (Å²) in [6, 6.07) is 7.89. The molecule has 4 rings (SSSR count). The molecule has 0 bridgehead atoms. The van der Waals surface area contributed by atoms with Crippen molar-refractivity contribution in [1.29, 1.82) is 0 Å². The maximum Gasteiger partial charge on any atom is 0.416 e. The standard InChI is InChI=1S/C19H21F3N6O/c20-19(21,22)17(29)13-28-12-16(10-24-28)27-8-6-26(7-9-27)11-15-4-3-14-2-1-5-23-18(14)25-15/h1-5,10,12,17,29H,6-9,11,13H2. The lowest BCUT2D eigenvalue weighted by molar-refractivity contribution is -0.208. The molecule has 7 nitrogen and oxygen atoms in total. The third kappa shape index (κ3) is 4.65. The highest BCUT2D eigenvalue weighted by Crippen LogP contribution is 2.22. The van der Waals surface area contributed by atoms with Crippen molar-refractivity contribution >= 4 is 16.7 Å². The number of pyridine rings is 2. The van der Waals surface area contributed by atoms with Gasteiger partial charge in [0, 0.05) is 50.5 Å². The predicted molar refractivity (Wildman–Crippen MR) is 101 cm³/mol. The summed E-state index contributed by atoms with van der Waals surface area (Å²) in [6.07, 6.45) is -2.26. The molecule has 1 aliphatic rings. The minimum absolute atomic E-state index is 0.606. The zero-order valence-electron chi connectivity index (χ0n) is 15.6. The molecule has 3 aromatic heterocycles. The second kappa shape index (κ2) is 7.96. The van der Waals surface area contributed by atoms with E-state index in [1.54, 1.807) is 12.4 Å². The average Bonchev–Trinajstić information content (AvgIpc) is 3.16.